The van der Waals surface area contributed by atoms with Crippen LogP contribution < -0.4 is 10.6 Å². The summed E-state index contributed by atoms with van der Waals surface area (Å²) in [5.41, 5.74) is 0.960. The summed E-state index contributed by atoms with van der Waals surface area (Å²) in [6, 6.07) is 19.9. The molecule has 0 radical (unpaired) electrons. The highest BCUT2D eigenvalue weighted by Gasteiger charge is 2.36. The van der Waals surface area contributed by atoms with Crippen molar-refractivity contribution in [3.8, 4) is 6.07 Å². The number of benzene rings is 3. The maximum Gasteiger partial charge on any atom is 0.408 e. The van der Waals surface area contributed by atoms with Crippen LogP contribution in [0.5, 0.6) is 0 Å². The minimum Gasteiger partial charge on any atom is -0.444 e. The maximum absolute atomic E-state index is 13.8. The van der Waals surface area contributed by atoms with Crippen molar-refractivity contribution in [1.29, 1.82) is 5.26 Å². The van der Waals surface area contributed by atoms with Gasteiger partial charge < -0.3 is 20.3 Å². The molecule has 202 valence electrons. The molecule has 0 aromatic heterocycles. The fourth-order valence-corrected chi connectivity index (χ4v) is 4.26. The van der Waals surface area contributed by atoms with Gasteiger partial charge in [-0.3, -0.25) is 9.59 Å². The molecule has 0 bridgehead atoms. The third-order valence-electron chi connectivity index (χ3n) is 5.73. The lowest BCUT2D eigenvalue weighted by molar-refractivity contribution is -0.139. The first kappa shape index (κ1) is 29.3. The van der Waals surface area contributed by atoms with E-state index in [0.29, 0.717) is 11.3 Å². The fraction of sp³-hybridized carbons (Fsp3) is 0.267. The van der Waals surface area contributed by atoms with Crippen LogP contribution >= 0.6 is 12.6 Å². The lowest BCUT2D eigenvalue weighted by Crippen LogP contribution is -2.53. The number of carbonyl (C=O) groups excluding carboxylic acids is 3. The number of thiol groups is 1. The molecule has 0 saturated heterocycles. The van der Waals surface area contributed by atoms with Gasteiger partial charge in [-0.05, 0) is 60.9 Å². The van der Waals surface area contributed by atoms with E-state index in [1.54, 1.807) is 51.1 Å². The van der Waals surface area contributed by atoms with Gasteiger partial charge in [-0.2, -0.15) is 17.9 Å². The summed E-state index contributed by atoms with van der Waals surface area (Å²) in [7, 11) is 0. The zero-order valence-electron chi connectivity index (χ0n) is 22.2. The largest absolute Gasteiger partial charge is 0.444 e. The van der Waals surface area contributed by atoms with Crippen LogP contribution in [0, 0.1) is 11.3 Å². The number of hydrogen-bond donors (Lipinski definition) is 3. The van der Waals surface area contributed by atoms with E-state index in [1.165, 1.54) is 0 Å². The summed E-state index contributed by atoms with van der Waals surface area (Å²) >= 11 is 4.24. The van der Waals surface area contributed by atoms with Crippen molar-refractivity contribution < 1.29 is 19.1 Å². The number of carbonyl (C=O) groups is 3. The van der Waals surface area contributed by atoms with E-state index in [-0.39, 0.29) is 5.75 Å². The van der Waals surface area contributed by atoms with E-state index in [9.17, 15) is 19.6 Å². The fourth-order valence-electron chi connectivity index (χ4n) is 4.01. The van der Waals surface area contributed by atoms with Crippen LogP contribution in [0.3, 0.4) is 0 Å². The van der Waals surface area contributed by atoms with Crippen LogP contribution in [0.25, 0.3) is 16.8 Å². The molecule has 0 fully saturated rings. The van der Waals surface area contributed by atoms with Gasteiger partial charge >= 0.3 is 6.09 Å². The Morgan fingerprint density at radius 2 is 1.79 bits per heavy atom. The van der Waals surface area contributed by atoms with Crippen LogP contribution in [0.1, 0.15) is 37.9 Å². The number of nitrogens with one attached hydrogen (secondary N) is 2. The van der Waals surface area contributed by atoms with Crippen molar-refractivity contribution >= 4 is 53.1 Å². The first-order valence-corrected chi connectivity index (χ1v) is 13.0. The SMILES string of the molecule is C=Cc1cccc(C(C(=O)Nc2ccc3ccccc3c2)N(CC#N)C(=O)C(CS)NC(=O)OC(C)(C)C)c1. The zero-order chi connectivity index (χ0) is 28.6. The number of nitriles is 1. The lowest BCUT2D eigenvalue weighted by atomic mass is 10.00. The average molecular weight is 545 g/mol. The van der Waals surface area contributed by atoms with Gasteiger partial charge in [0.2, 0.25) is 5.91 Å². The highest BCUT2D eigenvalue weighted by molar-refractivity contribution is 7.80. The van der Waals surface area contributed by atoms with Gasteiger partial charge in [-0.15, -0.1) is 0 Å². The lowest BCUT2D eigenvalue weighted by Gasteiger charge is -2.32. The monoisotopic (exact) mass is 544 g/mol. The minimum absolute atomic E-state index is 0.0777. The predicted molar refractivity (Wildman–Crippen MR) is 156 cm³/mol. The van der Waals surface area contributed by atoms with E-state index in [0.717, 1.165) is 21.2 Å². The molecule has 0 saturated carbocycles. The molecule has 2 atom stereocenters. The molecule has 9 heteroatoms. The Morgan fingerprint density at radius 1 is 1.08 bits per heavy atom. The number of alkyl carbamates (subject to hydrolysis) is 1. The van der Waals surface area contributed by atoms with Crippen LogP contribution in [-0.2, 0) is 14.3 Å². The van der Waals surface area contributed by atoms with Gasteiger partial charge in [-0.1, -0.05) is 61.2 Å². The van der Waals surface area contributed by atoms with E-state index in [2.05, 4.69) is 29.8 Å². The van der Waals surface area contributed by atoms with Crippen molar-refractivity contribution in [3.05, 3.63) is 84.4 Å². The highest BCUT2D eigenvalue weighted by atomic mass is 32.1. The Labute approximate surface area is 234 Å². The number of fused-ring (bicyclic) bond motifs is 1. The number of amides is 3. The Bertz CT molecular complexity index is 1410. The topological polar surface area (TPSA) is 112 Å². The number of ether oxygens (including phenoxy) is 1. The number of rotatable bonds is 9. The summed E-state index contributed by atoms with van der Waals surface area (Å²) in [4.78, 5) is 41.1. The van der Waals surface area contributed by atoms with E-state index in [4.69, 9.17) is 4.74 Å². The first-order chi connectivity index (χ1) is 18.6. The molecular weight excluding hydrogens is 512 g/mol. The molecular formula is C30H32N4O4S. The second kappa shape index (κ2) is 13.0. The summed E-state index contributed by atoms with van der Waals surface area (Å²) in [6.07, 6.45) is 0.816. The predicted octanol–water partition coefficient (Wildman–Crippen LogP) is 5.34. The van der Waals surface area contributed by atoms with Crippen LogP contribution in [0.2, 0.25) is 0 Å². The molecule has 3 amide bonds. The molecule has 3 rings (SSSR count). The molecule has 3 aromatic rings. The van der Waals surface area contributed by atoms with Crippen LogP contribution in [0.15, 0.2) is 73.3 Å². The Kier molecular flexibility index (Phi) is 9.74. The maximum atomic E-state index is 13.8. The smallest absolute Gasteiger partial charge is 0.408 e. The average Bonchev–Trinajstić information content (AvgIpc) is 2.90. The van der Waals surface area contributed by atoms with Crippen molar-refractivity contribution in [2.75, 3.05) is 17.6 Å². The van der Waals surface area contributed by atoms with Gasteiger partial charge in [0.1, 0.15) is 24.2 Å². The number of hydrogen-bond acceptors (Lipinski definition) is 6. The first-order valence-electron chi connectivity index (χ1n) is 12.4. The van der Waals surface area contributed by atoms with Gasteiger partial charge in [0.25, 0.3) is 5.91 Å². The summed E-state index contributed by atoms with van der Waals surface area (Å²) in [6.45, 7) is 8.48. The molecule has 0 spiro atoms. The minimum atomic E-state index is -1.19. The van der Waals surface area contributed by atoms with Gasteiger partial charge in [0.05, 0.1) is 6.07 Å². The van der Waals surface area contributed by atoms with Crippen LogP contribution in [0.4, 0.5) is 10.5 Å². The van der Waals surface area contributed by atoms with Crippen molar-refractivity contribution in [2.45, 2.75) is 38.5 Å². The normalized spacial score (nSPS) is 12.5. The van der Waals surface area contributed by atoms with Crippen molar-refractivity contribution in [1.82, 2.24) is 10.2 Å². The van der Waals surface area contributed by atoms with E-state index < -0.39 is 42.1 Å². The zero-order valence-corrected chi connectivity index (χ0v) is 23.1. The molecule has 3 aromatic carbocycles. The molecule has 0 heterocycles. The molecule has 2 unspecified atom stereocenters. The molecule has 0 aliphatic carbocycles. The number of anilines is 1. The summed E-state index contributed by atoms with van der Waals surface area (Å²) in [5.74, 6) is -1.25. The Hall–Kier alpha value is -4.29. The standard InChI is InChI=1S/C30H32N4O4S/c1-5-20-9-8-12-23(17-20)26(27(35)32-24-14-13-21-10-6-7-11-22(21)18-24)34(16-15-31)28(36)25(19-39)33-29(37)38-30(2,3)4/h5-14,17-18,25-26,39H,1,16,19H2,2-4H3,(H,32,35)(H,33,37). The molecule has 0 aliphatic rings. The number of nitrogens with zero attached hydrogens (tertiary/aromatic N) is 2. The van der Waals surface area contributed by atoms with E-state index in [1.807, 2.05) is 48.5 Å². The molecule has 39 heavy (non-hydrogen) atoms. The third-order valence-corrected chi connectivity index (χ3v) is 6.10. The van der Waals surface area contributed by atoms with E-state index >= 15 is 0 Å². The molecule has 2 N–H and O–H groups in total. The summed E-state index contributed by atoms with van der Waals surface area (Å²) in [5, 5.41) is 17.0. The van der Waals surface area contributed by atoms with Gasteiger partial charge in [0.15, 0.2) is 0 Å². The van der Waals surface area contributed by atoms with Crippen LogP contribution in [-0.4, -0.2) is 46.7 Å². The second-order valence-electron chi connectivity index (χ2n) is 9.83. The second-order valence-corrected chi connectivity index (χ2v) is 10.2. The molecule has 0 aliphatic heterocycles. The highest BCUT2D eigenvalue weighted by Crippen LogP contribution is 2.27. The van der Waals surface area contributed by atoms with Crippen molar-refractivity contribution in [2.24, 2.45) is 0 Å². The van der Waals surface area contributed by atoms with Gasteiger partial charge in [0, 0.05) is 11.4 Å². The Morgan fingerprint density at radius 3 is 2.44 bits per heavy atom. The van der Waals surface area contributed by atoms with Gasteiger partial charge in [-0.25, -0.2) is 4.79 Å². The Balaban J connectivity index is 2.00. The quantitative estimate of drug-likeness (QED) is 0.249. The third kappa shape index (κ3) is 7.85. The van der Waals surface area contributed by atoms with Crippen molar-refractivity contribution in [3.63, 3.8) is 0 Å². The summed E-state index contributed by atoms with van der Waals surface area (Å²) < 4.78 is 5.29. The molecule has 8 nitrogen and oxygen atoms in total.